The van der Waals surface area contributed by atoms with Gasteiger partial charge in [0.15, 0.2) is 0 Å². The summed E-state index contributed by atoms with van der Waals surface area (Å²) in [7, 11) is 0. The third-order valence-electron chi connectivity index (χ3n) is 6.12. The Hall–Kier alpha value is -3.58. The number of pyridine rings is 1. The summed E-state index contributed by atoms with van der Waals surface area (Å²) in [6.07, 6.45) is 3.59. The fourth-order valence-electron chi connectivity index (χ4n) is 4.67. The molecule has 5 rings (SSSR count). The van der Waals surface area contributed by atoms with Crippen LogP contribution in [0.4, 0.5) is 11.5 Å². The molecule has 1 saturated heterocycles. The average Bonchev–Trinajstić information content (AvgIpc) is 2.79. The van der Waals surface area contributed by atoms with Gasteiger partial charge in [-0.2, -0.15) is 5.26 Å². The van der Waals surface area contributed by atoms with Gasteiger partial charge in [0.1, 0.15) is 11.9 Å². The quantitative estimate of drug-likeness (QED) is 0.437. The molecule has 1 aliphatic rings. The summed E-state index contributed by atoms with van der Waals surface area (Å²) >= 11 is 0. The van der Waals surface area contributed by atoms with E-state index in [4.69, 9.17) is 10.7 Å². The van der Waals surface area contributed by atoms with Gasteiger partial charge in [0, 0.05) is 40.9 Å². The van der Waals surface area contributed by atoms with Gasteiger partial charge >= 0.3 is 0 Å². The van der Waals surface area contributed by atoms with E-state index in [1.807, 2.05) is 30.3 Å². The zero-order chi connectivity index (χ0) is 20.7. The van der Waals surface area contributed by atoms with Crippen molar-refractivity contribution in [1.82, 2.24) is 4.98 Å². The van der Waals surface area contributed by atoms with Gasteiger partial charge in [-0.05, 0) is 31.7 Å². The van der Waals surface area contributed by atoms with Gasteiger partial charge in [-0.15, -0.1) is 0 Å². The molecule has 148 valence electrons. The summed E-state index contributed by atoms with van der Waals surface area (Å²) in [6, 6.07) is 20.9. The van der Waals surface area contributed by atoms with Crippen molar-refractivity contribution in [1.29, 1.82) is 5.26 Å². The Balaban J connectivity index is 1.98. The molecule has 0 saturated carbocycles. The van der Waals surface area contributed by atoms with Crippen molar-refractivity contribution in [3.8, 4) is 17.2 Å². The molecular formula is C26H24N4. The summed E-state index contributed by atoms with van der Waals surface area (Å²) in [5, 5.41) is 13.2. The highest BCUT2D eigenvalue weighted by molar-refractivity contribution is 6.19. The van der Waals surface area contributed by atoms with Crippen LogP contribution in [0.3, 0.4) is 0 Å². The van der Waals surface area contributed by atoms with Crippen molar-refractivity contribution in [2.75, 3.05) is 23.7 Å². The molecule has 30 heavy (non-hydrogen) atoms. The minimum absolute atomic E-state index is 0.521. The zero-order valence-corrected chi connectivity index (χ0v) is 17.2. The maximum absolute atomic E-state index is 10.2. The first-order valence-electron chi connectivity index (χ1n) is 10.5. The number of anilines is 2. The Labute approximate surface area is 176 Å². The lowest BCUT2D eigenvalue weighted by molar-refractivity contribution is 0.579. The molecule has 1 fully saturated rings. The third kappa shape index (κ3) is 2.95. The summed E-state index contributed by atoms with van der Waals surface area (Å²) in [5.41, 5.74) is 12.2. The first-order valence-corrected chi connectivity index (χ1v) is 10.5. The largest absolute Gasteiger partial charge is 0.384 e. The predicted octanol–water partition coefficient (Wildman–Crippen LogP) is 5.81. The van der Waals surface area contributed by atoms with Crippen LogP contribution < -0.4 is 10.6 Å². The van der Waals surface area contributed by atoms with Crippen LogP contribution in [-0.4, -0.2) is 18.1 Å². The fourth-order valence-corrected chi connectivity index (χ4v) is 4.67. The number of rotatable bonds is 2. The van der Waals surface area contributed by atoms with Gasteiger partial charge < -0.3 is 10.6 Å². The van der Waals surface area contributed by atoms with E-state index in [0.717, 1.165) is 51.6 Å². The summed E-state index contributed by atoms with van der Waals surface area (Å²) < 4.78 is 0. The Morgan fingerprint density at radius 3 is 2.37 bits per heavy atom. The number of piperidine rings is 1. The molecule has 4 heteroatoms. The molecule has 0 spiro atoms. The Morgan fingerprint density at radius 1 is 0.967 bits per heavy atom. The van der Waals surface area contributed by atoms with E-state index in [0.29, 0.717) is 11.4 Å². The first kappa shape index (κ1) is 18.4. The van der Waals surface area contributed by atoms with Gasteiger partial charge in [-0.25, -0.2) is 4.98 Å². The molecular weight excluding hydrogens is 368 g/mol. The van der Waals surface area contributed by atoms with Crippen molar-refractivity contribution >= 4 is 33.2 Å². The van der Waals surface area contributed by atoms with Crippen LogP contribution in [0.5, 0.6) is 0 Å². The molecule has 2 heterocycles. The summed E-state index contributed by atoms with van der Waals surface area (Å²) in [6.45, 7) is 4.08. The number of nitriles is 1. The highest BCUT2D eigenvalue weighted by Crippen LogP contribution is 2.43. The number of hydrogen-bond acceptors (Lipinski definition) is 4. The molecule has 2 N–H and O–H groups in total. The standard InChI is InChI=1S/C26H24N4/c1-17-9-11-18(12-10-17)24-21(16-27)19-7-3-4-8-20(19)26-25(24)22(15-23(28)29-26)30-13-5-2-6-14-30/h3-4,7-12,15H,2,5-6,13-14H2,1H3,(H2,28,29). The lowest BCUT2D eigenvalue weighted by Crippen LogP contribution is -2.29. The van der Waals surface area contributed by atoms with Crippen molar-refractivity contribution in [3.63, 3.8) is 0 Å². The van der Waals surface area contributed by atoms with E-state index >= 15 is 0 Å². The van der Waals surface area contributed by atoms with Gasteiger partial charge in [0.25, 0.3) is 0 Å². The molecule has 4 aromatic rings. The second-order valence-electron chi connectivity index (χ2n) is 8.11. The van der Waals surface area contributed by atoms with Crippen LogP contribution in [-0.2, 0) is 0 Å². The lowest BCUT2D eigenvalue weighted by atomic mass is 9.89. The van der Waals surface area contributed by atoms with E-state index in [2.05, 4.69) is 42.2 Å². The van der Waals surface area contributed by atoms with Crippen LogP contribution in [0.1, 0.15) is 30.4 Å². The molecule has 0 radical (unpaired) electrons. The lowest BCUT2D eigenvalue weighted by Gasteiger charge is -2.31. The number of aryl methyl sites for hydroxylation is 1. The zero-order valence-electron chi connectivity index (χ0n) is 17.2. The number of nitrogen functional groups attached to an aromatic ring is 1. The average molecular weight is 393 g/mol. The molecule has 0 atom stereocenters. The van der Waals surface area contributed by atoms with Gasteiger partial charge in [0.2, 0.25) is 0 Å². The van der Waals surface area contributed by atoms with Gasteiger partial charge in [0.05, 0.1) is 16.8 Å². The van der Waals surface area contributed by atoms with E-state index in [1.54, 1.807) is 0 Å². The van der Waals surface area contributed by atoms with Crippen molar-refractivity contribution < 1.29 is 0 Å². The van der Waals surface area contributed by atoms with Crippen LogP contribution in [0.25, 0.3) is 32.8 Å². The molecule has 0 bridgehead atoms. The van der Waals surface area contributed by atoms with Crippen molar-refractivity contribution in [3.05, 3.63) is 65.7 Å². The highest BCUT2D eigenvalue weighted by Gasteiger charge is 2.23. The van der Waals surface area contributed by atoms with Gasteiger partial charge in [-0.1, -0.05) is 54.1 Å². The topological polar surface area (TPSA) is 65.9 Å². The molecule has 0 aliphatic carbocycles. The number of benzene rings is 3. The summed E-state index contributed by atoms with van der Waals surface area (Å²) in [4.78, 5) is 7.19. The minimum atomic E-state index is 0.521. The third-order valence-corrected chi connectivity index (χ3v) is 6.12. The van der Waals surface area contributed by atoms with Crippen LogP contribution >= 0.6 is 0 Å². The number of hydrogen-bond donors (Lipinski definition) is 1. The minimum Gasteiger partial charge on any atom is -0.384 e. The van der Waals surface area contributed by atoms with Crippen LogP contribution in [0, 0.1) is 18.3 Å². The monoisotopic (exact) mass is 392 g/mol. The molecule has 3 aromatic carbocycles. The normalized spacial score (nSPS) is 14.2. The smallest absolute Gasteiger partial charge is 0.126 e. The van der Waals surface area contributed by atoms with Crippen LogP contribution in [0.2, 0.25) is 0 Å². The first-order chi connectivity index (χ1) is 14.7. The molecule has 1 aliphatic heterocycles. The Morgan fingerprint density at radius 2 is 1.67 bits per heavy atom. The van der Waals surface area contributed by atoms with Crippen molar-refractivity contribution in [2.45, 2.75) is 26.2 Å². The van der Waals surface area contributed by atoms with Crippen LogP contribution in [0.15, 0.2) is 54.6 Å². The number of nitrogens with two attached hydrogens (primary N) is 1. The molecule has 0 amide bonds. The second-order valence-corrected chi connectivity index (χ2v) is 8.11. The predicted molar refractivity (Wildman–Crippen MR) is 125 cm³/mol. The fraction of sp³-hybridized carbons (Fsp3) is 0.231. The summed E-state index contributed by atoms with van der Waals surface area (Å²) in [5.74, 6) is 0.521. The van der Waals surface area contributed by atoms with Gasteiger partial charge in [-0.3, -0.25) is 0 Å². The second kappa shape index (κ2) is 7.35. The molecule has 4 nitrogen and oxygen atoms in total. The molecule has 0 unspecified atom stereocenters. The number of nitrogens with zero attached hydrogens (tertiary/aromatic N) is 3. The highest BCUT2D eigenvalue weighted by atomic mass is 15.1. The van der Waals surface area contributed by atoms with E-state index in [-0.39, 0.29) is 0 Å². The molecule has 1 aromatic heterocycles. The number of fused-ring (bicyclic) bond motifs is 3. The Kier molecular flexibility index (Phi) is 4.52. The van der Waals surface area contributed by atoms with E-state index in [1.165, 1.54) is 24.8 Å². The Bertz CT molecular complexity index is 1290. The SMILES string of the molecule is Cc1ccc(-c2c(C#N)c3ccccc3c3nc(N)cc(N4CCCCC4)c23)cc1. The van der Waals surface area contributed by atoms with E-state index in [9.17, 15) is 5.26 Å². The number of aromatic nitrogens is 1. The maximum Gasteiger partial charge on any atom is 0.126 e. The maximum atomic E-state index is 10.2. The van der Waals surface area contributed by atoms with E-state index < -0.39 is 0 Å². The van der Waals surface area contributed by atoms with Crippen molar-refractivity contribution in [2.24, 2.45) is 0 Å².